The van der Waals surface area contributed by atoms with Gasteiger partial charge in [-0.25, -0.2) is 4.98 Å². The first kappa shape index (κ1) is 12.7. The molecule has 0 spiro atoms. The SMILES string of the molecule is Nc1cc(Cl)nc(-c2ccn(CC(F)(F)F)n2)c1. The fourth-order valence-electron chi connectivity index (χ4n) is 1.42. The predicted molar refractivity (Wildman–Crippen MR) is 60.9 cm³/mol. The highest BCUT2D eigenvalue weighted by molar-refractivity contribution is 6.29. The Labute approximate surface area is 105 Å². The molecular formula is C10H8ClF3N4. The Kier molecular flexibility index (Phi) is 3.16. The van der Waals surface area contributed by atoms with Crippen molar-refractivity contribution in [2.24, 2.45) is 0 Å². The van der Waals surface area contributed by atoms with Crippen LogP contribution < -0.4 is 5.73 Å². The summed E-state index contributed by atoms with van der Waals surface area (Å²) in [5.74, 6) is 0. The van der Waals surface area contributed by atoms with Crippen LogP contribution in [-0.2, 0) is 6.54 Å². The van der Waals surface area contributed by atoms with Crippen molar-refractivity contribution < 1.29 is 13.2 Å². The molecule has 0 aliphatic rings. The highest BCUT2D eigenvalue weighted by atomic mass is 35.5. The molecule has 0 bridgehead atoms. The minimum absolute atomic E-state index is 0.162. The predicted octanol–water partition coefficient (Wildman–Crippen LogP) is 2.74. The number of aromatic nitrogens is 3. The molecule has 0 aromatic carbocycles. The van der Waals surface area contributed by atoms with E-state index in [-0.39, 0.29) is 10.8 Å². The number of nitrogens with zero attached hydrogens (tertiary/aromatic N) is 3. The second-order valence-electron chi connectivity index (χ2n) is 3.62. The van der Waals surface area contributed by atoms with Crippen LogP contribution in [0.15, 0.2) is 24.4 Å². The zero-order chi connectivity index (χ0) is 13.3. The molecule has 0 aliphatic carbocycles. The molecule has 0 amide bonds. The summed E-state index contributed by atoms with van der Waals surface area (Å²) in [7, 11) is 0. The lowest BCUT2D eigenvalue weighted by molar-refractivity contribution is -0.142. The standard InChI is InChI=1S/C10H8ClF3N4/c11-9-4-6(15)3-8(16-9)7-1-2-18(17-7)5-10(12,13)14/h1-4H,5H2,(H2,15,16). The zero-order valence-corrected chi connectivity index (χ0v) is 9.70. The van der Waals surface area contributed by atoms with E-state index in [0.717, 1.165) is 4.68 Å². The molecule has 8 heteroatoms. The molecule has 0 radical (unpaired) electrons. The van der Waals surface area contributed by atoms with Gasteiger partial charge in [-0.05, 0) is 18.2 Å². The number of halogens is 4. The van der Waals surface area contributed by atoms with Crippen LogP contribution in [0.3, 0.4) is 0 Å². The number of pyridine rings is 1. The monoisotopic (exact) mass is 276 g/mol. The second-order valence-corrected chi connectivity index (χ2v) is 4.01. The molecule has 0 aliphatic heterocycles. The quantitative estimate of drug-likeness (QED) is 0.858. The lowest BCUT2D eigenvalue weighted by Crippen LogP contribution is -2.17. The normalized spacial score (nSPS) is 11.8. The van der Waals surface area contributed by atoms with Gasteiger partial charge in [-0.1, -0.05) is 11.6 Å². The number of rotatable bonds is 2. The van der Waals surface area contributed by atoms with Crippen molar-refractivity contribution in [2.45, 2.75) is 12.7 Å². The maximum atomic E-state index is 12.2. The van der Waals surface area contributed by atoms with Crippen molar-refractivity contribution in [1.29, 1.82) is 0 Å². The maximum Gasteiger partial charge on any atom is 0.408 e. The van der Waals surface area contributed by atoms with Gasteiger partial charge >= 0.3 is 6.18 Å². The maximum absolute atomic E-state index is 12.2. The molecule has 2 aromatic rings. The number of hydrogen-bond donors (Lipinski definition) is 1. The number of alkyl halides is 3. The summed E-state index contributed by atoms with van der Waals surface area (Å²) in [4.78, 5) is 3.94. The molecule has 0 atom stereocenters. The van der Waals surface area contributed by atoms with Gasteiger partial charge in [0.25, 0.3) is 0 Å². The van der Waals surface area contributed by atoms with E-state index < -0.39 is 12.7 Å². The third-order valence-electron chi connectivity index (χ3n) is 2.06. The van der Waals surface area contributed by atoms with Gasteiger partial charge in [-0.15, -0.1) is 0 Å². The molecule has 2 N–H and O–H groups in total. The number of hydrogen-bond acceptors (Lipinski definition) is 3. The topological polar surface area (TPSA) is 56.7 Å². The van der Waals surface area contributed by atoms with Crippen molar-refractivity contribution in [3.8, 4) is 11.4 Å². The average molecular weight is 277 g/mol. The van der Waals surface area contributed by atoms with Crippen LogP contribution in [0.25, 0.3) is 11.4 Å². The van der Waals surface area contributed by atoms with Crippen molar-refractivity contribution in [3.05, 3.63) is 29.5 Å². The molecule has 4 nitrogen and oxygen atoms in total. The van der Waals surface area contributed by atoms with E-state index in [1.807, 2.05) is 0 Å². The third kappa shape index (κ3) is 3.13. The lowest BCUT2D eigenvalue weighted by Gasteiger charge is -2.05. The molecule has 2 rings (SSSR count). The van der Waals surface area contributed by atoms with E-state index in [0.29, 0.717) is 11.4 Å². The molecule has 0 fully saturated rings. The number of nitrogen functional groups attached to an aromatic ring is 1. The summed E-state index contributed by atoms with van der Waals surface area (Å²) >= 11 is 5.71. The van der Waals surface area contributed by atoms with Gasteiger partial charge in [0.2, 0.25) is 0 Å². The molecule has 0 unspecified atom stereocenters. The molecule has 18 heavy (non-hydrogen) atoms. The van der Waals surface area contributed by atoms with E-state index in [2.05, 4.69) is 10.1 Å². The van der Waals surface area contributed by atoms with Crippen molar-refractivity contribution in [3.63, 3.8) is 0 Å². The molecule has 2 aromatic heterocycles. The summed E-state index contributed by atoms with van der Waals surface area (Å²) in [6.07, 6.45) is -3.09. The Morgan fingerprint density at radius 1 is 1.28 bits per heavy atom. The van der Waals surface area contributed by atoms with E-state index in [1.165, 1.54) is 24.4 Å². The Bertz CT molecular complexity index is 544. The average Bonchev–Trinajstić information content (AvgIpc) is 2.61. The largest absolute Gasteiger partial charge is 0.408 e. The van der Waals surface area contributed by atoms with Gasteiger partial charge in [-0.3, -0.25) is 4.68 Å². The Hall–Kier alpha value is -1.76. The fraction of sp³-hybridized carbons (Fsp3) is 0.200. The second kappa shape index (κ2) is 4.49. The molecule has 0 saturated heterocycles. The zero-order valence-electron chi connectivity index (χ0n) is 8.95. The van der Waals surface area contributed by atoms with Crippen LogP contribution in [-0.4, -0.2) is 20.9 Å². The smallest absolute Gasteiger partial charge is 0.399 e. The van der Waals surface area contributed by atoms with Crippen LogP contribution in [0, 0.1) is 0 Å². The highest BCUT2D eigenvalue weighted by Gasteiger charge is 2.28. The molecule has 0 saturated carbocycles. The van der Waals surface area contributed by atoms with Crippen molar-refractivity contribution in [2.75, 3.05) is 5.73 Å². The molecule has 2 heterocycles. The minimum Gasteiger partial charge on any atom is -0.399 e. The van der Waals surface area contributed by atoms with Gasteiger partial charge in [-0.2, -0.15) is 18.3 Å². The van der Waals surface area contributed by atoms with Crippen LogP contribution in [0.1, 0.15) is 0 Å². The van der Waals surface area contributed by atoms with Crippen LogP contribution in [0.2, 0.25) is 5.15 Å². The van der Waals surface area contributed by atoms with E-state index in [4.69, 9.17) is 17.3 Å². The Morgan fingerprint density at radius 2 is 2.00 bits per heavy atom. The summed E-state index contributed by atoms with van der Waals surface area (Å²) < 4.78 is 37.3. The number of nitrogens with two attached hydrogens (primary N) is 1. The van der Waals surface area contributed by atoms with E-state index >= 15 is 0 Å². The third-order valence-corrected chi connectivity index (χ3v) is 2.25. The van der Waals surface area contributed by atoms with Gasteiger partial charge < -0.3 is 5.73 Å². The summed E-state index contributed by atoms with van der Waals surface area (Å²) in [6.45, 7) is -1.15. The van der Waals surface area contributed by atoms with Crippen LogP contribution in [0.5, 0.6) is 0 Å². The van der Waals surface area contributed by atoms with Gasteiger partial charge in [0, 0.05) is 11.9 Å². The lowest BCUT2D eigenvalue weighted by atomic mass is 10.2. The van der Waals surface area contributed by atoms with Gasteiger partial charge in [0.15, 0.2) is 0 Å². The van der Waals surface area contributed by atoms with E-state index in [1.54, 1.807) is 0 Å². The Balaban J connectivity index is 2.29. The highest BCUT2D eigenvalue weighted by Crippen LogP contribution is 2.22. The fourth-order valence-corrected chi connectivity index (χ4v) is 1.63. The molecular weight excluding hydrogens is 269 g/mol. The number of anilines is 1. The van der Waals surface area contributed by atoms with Crippen LogP contribution in [0.4, 0.5) is 18.9 Å². The first-order valence-electron chi connectivity index (χ1n) is 4.87. The summed E-state index contributed by atoms with van der Waals surface area (Å²) in [6, 6.07) is 4.35. The van der Waals surface area contributed by atoms with Crippen molar-refractivity contribution in [1.82, 2.24) is 14.8 Å². The summed E-state index contributed by atoms with van der Waals surface area (Å²) in [5.41, 5.74) is 6.56. The first-order valence-corrected chi connectivity index (χ1v) is 5.25. The Morgan fingerprint density at radius 3 is 2.61 bits per heavy atom. The minimum atomic E-state index is -4.32. The van der Waals surface area contributed by atoms with Crippen molar-refractivity contribution >= 4 is 17.3 Å². The molecule has 96 valence electrons. The van der Waals surface area contributed by atoms with Gasteiger partial charge in [0.05, 0.1) is 5.69 Å². The summed E-state index contributed by atoms with van der Waals surface area (Å²) in [5, 5.41) is 3.93. The first-order chi connectivity index (χ1) is 8.33. The van der Waals surface area contributed by atoms with Gasteiger partial charge in [0.1, 0.15) is 17.4 Å². The van der Waals surface area contributed by atoms with Crippen LogP contribution >= 0.6 is 11.6 Å². The van der Waals surface area contributed by atoms with E-state index in [9.17, 15) is 13.2 Å².